The average Bonchev–Trinajstić information content (AvgIpc) is 2.83. The van der Waals surface area contributed by atoms with Crippen LogP contribution < -0.4 is 5.32 Å². The lowest BCUT2D eigenvalue weighted by Gasteiger charge is -2.36. The molecule has 0 aliphatic heterocycles. The van der Waals surface area contributed by atoms with E-state index in [9.17, 15) is 5.11 Å². The van der Waals surface area contributed by atoms with E-state index in [0.29, 0.717) is 5.92 Å². The first kappa shape index (κ1) is 12.4. The second kappa shape index (κ2) is 5.09. The summed E-state index contributed by atoms with van der Waals surface area (Å²) < 4.78 is 0. The molecule has 0 saturated heterocycles. The molecule has 1 aliphatic rings. The summed E-state index contributed by atoms with van der Waals surface area (Å²) in [6.07, 6.45) is 5.07. The number of hydrogen-bond acceptors (Lipinski definition) is 2. The van der Waals surface area contributed by atoms with Crippen LogP contribution >= 0.6 is 0 Å². The Kier molecular flexibility index (Phi) is 3.72. The quantitative estimate of drug-likeness (QED) is 0.836. The lowest BCUT2D eigenvalue weighted by atomic mass is 9.84. The van der Waals surface area contributed by atoms with E-state index in [2.05, 4.69) is 43.4 Å². The molecule has 1 aromatic carbocycles. The zero-order chi connectivity index (χ0) is 12.3. The van der Waals surface area contributed by atoms with Crippen LogP contribution in [0.25, 0.3) is 0 Å². The van der Waals surface area contributed by atoms with Crippen LogP contribution in [0.1, 0.15) is 38.2 Å². The molecule has 1 aromatic rings. The minimum atomic E-state index is -0.176. The van der Waals surface area contributed by atoms with Crippen molar-refractivity contribution in [2.45, 2.75) is 45.1 Å². The standard InChI is InChI=1S/C15H23NO/c1-12-6-5-9-14(10-12)16-15(2,11-17)13-7-3-4-8-13/h5-6,9-10,13,16-17H,3-4,7-8,11H2,1-2H3. The molecule has 94 valence electrons. The highest BCUT2D eigenvalue weighted by atomic mass is 16.3. The number of benzene rings is 1. The van der Waals surface area contributed by atoms with Gasteiger partial charge in [-0.1, -0.05) is 25.0 Å². The van der Waals surface area contributed by atoms with Crippen LogP contribution in [0.3, 0.4) is 0 Å². The summed E-state index contributed by atoms with van der Waals surface area (Å²) in [4.78, 5) is 0. The Balaban J connectivity index is 2.13. The maximum atomic E-state index is 9.71. The SMILES string of the molecule is Cc1cccc(NC(C)(CO)C2CCCC2)c1. The van der Waals surface area contributed by atoms with Crippen molar-refractivity contribution < 1.29 is 5.11 Å². The molecular weight excluding hydrogens is 210 g/mol. The molecule has 0 spiro atoms. The Hall–Kier alpha value is -1.02. The van der Waals surface area contributed by atoms with Gasteiger partial charge in [-0.15, -0.1) is 0 Å². The van der Waals surface area contributed by atoms with Crippen molar-refractivity contribution in [1.82, 2.24) is 0 Å². The average molecular weight is 233 g/mol. The molecule has 1 aliphatic carbocycles. The molecule has 0 aromatic heterocycles. The highest BCUT2D eigenvalue weighted by Gasteiger charge is 2.35. The molecule has 2 rings (SSSR count). The molecule has 0 heterocycles. The first-order chi connectivity index (χ1) is 8.14. The summed E-state index contributed by atoms with van der Waals surface area (Å²) in [5.74, 6) is 0.591. The molecule has 0 bridgehead atoms. The summed E-state index contributed by atoms with van der Waals surface area (Å²) in [7, 11) is 0. The number of aliphatic hydroxyl groups excluding tert-OH is 1. The second-order valence-corrected chi connectivity index (χ2v) is 5.55. The molecule has 0 radical (unpaired) electrons. The van der Waals surface area contributed by atoms with Crippen LogP contribution in [-0.4, -0.2) is 17.3 Å². The van der Waals surface area contributed by atoms with E-state index >= 15 is 0 Å². The predicted octanol–water partition coefficient (Wildman–Crippen LogP) is 3.35. The fourth-order valence-electron chi connectivity index (χ4n) is 2.89. The van der Waals surface area contributed by atoms with Gasteiger partial charge in [0.1, 0.15) is 0 Å². The van der Waals surface area contributed by atoms with Crippen LogP contribution in [0.5, 0.6) is 0 Å². The second-order valence-electron chi connectivity index (χ2n) is 5.55. The first-order valence-electron chi connectivity index (χ1n) is 6.60. The lowest BCUT2D eigenvalue weighted by molar-refractivity contribution is 0.172. The van der Waals surface area contributed by atoms with Crippen molar-refractivity contribution in [1.29, 1.82) is 0 Å². The van der Waals surface area contributed by atoms with E-state index in [0.717, 1.165) is 5.69 Å². The Bertz CT molecular complexity index is 371. The summed E-state index contributed by atoms with van der Waals surface area (Å²) in [6.45, 7) is 4.44. The van der Waals surface area contributed by atoms with Crippen LogP contribution in [0.15, 0.2) is 24.3 Å². The molecular formula is C15H23NO. The summed E-state index contributed by atoms with van der Waals surface area (Å²) in [5, 5.41) is 13.3. The number of aliphatic hydroxyl groups is 1. The summed E-state index contributed by atoms with van der Waals surface area (Å²) >= 11 is 0. The van der Waals surface area contributed by atoms with Crippen LogP contribution in [0, 0.1) is 12.8 Å². The molecule has 2 heteroatoms. The van der Waals surface area contributed by atoms with Gasteiger partial charge in [0.25, 0.3) is 0 Å². The molecule has 0 amide bonds. The zero-order valence-corrected chi connectivity index (χ0v) is 10.9. The van der Waals surface area contributed by atoms with E-state index in [1.165, 1.54) is 31.2 Å². The van der Waals surface area contributed by atoms with Gasteiger partial charge < -0.3 is 10.4 Å². The highest BCUT2D eigenvalue weighted by molar-refractivity contribution is 5.47. The van der Waals surface area contributed by atoms with E-state index < -0.39 is 0 Å². The van der Waals surface area contributed by atoms with Crippen molar-refractivity contribution in [3.8, 4) is 0 Å². The normalized spacial score (nSPS) is 20.2. The van der Waals surface area contributed by atoms with Crippen LogP contribution in [0.2, 0.25) is 0 Å². The number of anilines is 1. The molecule has 2 N–H and O–H groups in total. The van der Waals surface area contributed by atoms with E-state index in [1.54, 1.807) is 0 Å². The highest BCUT2D eigenvalue weighted by Crippen LogP contribution is 2.36. The Morgan fingerprint density at radius 2 is 2.06 bits per heavy atom. The maximum absolute atomic E-state index is 9.71. The minimum Gasteiger partial charge on any atom is -0.394 e. The van der Waals surface area contributed by atoms with Crippen LogP contribution in [0.4, 0.5) is 5.69 Å². The lowest BCUT2D eigenvalue weighted by Crippen LogP contribution is -2.45. The Morgan fingerprint density at radius 3 is 2.65 bits per heavy atom. The monoisotopic (exact) mass is 233 g/mol. The fourth-order valence-corrected chi connectivity index (χ4v) is 2.89. The van der Waals surface area contributed by atoms with Crippen molar-refractivity contribution in [2.75, 3.05) is 11.9 Å². The third kappa shape index (κ3) is 2.81. The number of hydrogen-bond donors (Lipinski definition) is 2. The van der Waals surface area contributed by atoms with Gasteiger partial charge >= 0.3 is 0 Å². The molecule has 17 heavy (non-hydrogen) atoms. The van der Waals surface area contributed by atoms with Gasteiger partial charge in [0, 0.05) is 5.69 Å². The topological polar surface area (TPSA) is 32.3 Å². The van der Waals surface area contributed by atoms with Crippen molar-refractivity contribution in [3.63, 3.8) is 0 Å². The molecule has 1 unspecified atom stereocenters. The largest absolute Gasteiger partial charge is 0.394 e. The minimum absolute atomic E-state index is 0.176. The number of aryl methyl sites for hydroxylation is 1. The predicted molar refractivity (Wildman–Crippen MR) is 72.3 cm³/mol. The van der Waals surface area contributed by atoms with Gasteiger partial charge in [-0.25, -0.2) is 0 Å². The van der Waals surface area contributed by atoms with E-state index in [-0.39, 0.29) is 12.1 Å². The van der Waals surface area contributed by atoms with Crippen molar-refractivity contribution >= 4 is 5.69 Å². The Labute approximate surface area is 104 Å². The van der Waals surface area contributed by atoms with Gasteiger partial charge in [-0.05, 0) is 50.3 Å². The fraction of sp³-hybridized carbons (Fsp3) is 0.600. The maximum Gasteiger partial charge on any atom is 0.0661 e. The zero-order valence-electron chi connectivity index (χ0n) is 10.9. The van der Waals surface area contributed by atoms with Gasteiger partial charge in [0.05, 0.1) is 12.1 Å². The molecule has 2 nitrogen and oxygen atoms in total. The third-order valence-corrected chi connectivity index (χ3v) is 4.03. The summed E-state index contributed by atoms with van der Waals surface area (Å²) in [5.41, 5.74) is 2.19. The number of rotatable bonds is 4. The van der Waals surface area contributed by atoms with Crippen molar-refractivity contribution in [2.24, 2.45) is 5.92 Å². The molecule has 1 saturated carbocycles. The van der Waals surface area contributed by atoms with Gasteiger partial charge in [-0.3, -0.25) is 0 Å². The number of nitrogens with one attached hydrogen (secondary N) is 1. The van der Waals surface area contributed by atoms with Gasteiger partial charge in [-0.2, -0.15) is 0 Å². The van der Waals surface area contributed by atoms with Gasteiger partial charge in [0.2, 0.25) is 0 Å². The molecule has 1 fully saturated rings. The van der Waals surface area contributed by atoms with Crippen molar-refractivity contribution in [3.05, 3.63) is 29.8 Å². The first-order valence-corrected chi connectivity index (χ1v) is 6.60. The summed E-state index contributed by atoms with van der Waals surface area (Å²) in [6, 6.07) is 8.37. The van der Waals surface area contributed by atoms with E-state index in [1.807, 2.05) is 0 Å². The Morgan fingerprint density at radius 1 is 1.35 bits per heavy atom. The van der Waals surface area contributed by atoms with Crippen LogP contribution in [-0.2, 0) is 0 Å². The third-order valence-electron chi connectivity index (χ3n) is 4.03. The smallest absolute Gasteiger partial charge is 0.0661 e. The molecule has 1 atom stereocenters. The van der Waals surface area contributed by atoms with Gasteiger partial charge in [0.15, 0.2) is 0 Å². The van der Waals surface area contributed by atoms with E-state index in [4.69, 9.17) is 0 Å².